The molecule has 0 amide bonds. The summed E-state index contributed by atoms with van der Waals surface area (Å²) in [6, 6.07) is 3.71. The van der Waals surface area contributed by atoms with E-state index >= 15 is 0 Å². The average Bonchev–Trinajstić information content (AvgIpc) is 2.41. The molecule has 74 valence electrons. The highest BCUT2D eigenvalue weighted by molar-refractivity contribution is 5.92. The van der Waals surface area contributed by atoms with Crippen LogP contribution in [0, 0.1) is 0 Å². The third kappa shape index (κ3) is 1.52. The molecule has 0 fully saturated rings. The predicted molar refractivity (Wildman–Crippen MR) is 47.9 cm³/mol. The second-order valence-electron chi connectivity index (χ2n) is 3.37. The van der Waals surface area contributed by atoms with Crippen molar-refractivity contribution < 1.29 is 13.2 Å². The number of benzene rings is 1. The molecule has 0 radical (unpaired) electrons. The number of hydrogen-bond donors (Lipinski definition) is 0. The minimum absolute atomic E-state index is 0.456. The zero-order valence-corrected chi connectivity index (χ0v) is 7.52. The molecule has 1 heterocycles. The number of aliphatic imine (C=N–C) groups is 1. The van der Waals surface area contributed by atoms with Gasteiger partial charge in [0.25, 0.3) is 0 Å². The molecule has 0 bridgehead atoms. The van der Waals surface area contributed by atoms with E-state index in [1.807, 2.05) is 6.92 Å². The van der Waals surface area contributed by atoms with E-state index in [0.29, 0.717) is 12.1 Å². The van der Waals surface area contributed by atoms with Crippen molar-refractivity contribution in [2.45, 2.75) is 19.5 Å². The highest BCUT2D eigenvalue weighted by atomic mass is 19.4. The van der Waals surface area contributed by atoms with Crippen LogP contribution in [0.15, 0.2) is 23.2 Å². The molecule has 0 saturated heterocycles. The van der Waals surface area contributed by atoms with Crippen molar-refractivity contribution in [3.63, 3.8) is 0 Å². The van der Waals surface area contributed by atoms with E-state index in [1.54, 1.807) is 0 Å². The molecule has 1 aliphatic heterocycles. The van der Waals surface area contributed by atoms with Gasteiger partial charge in [0.1, 0.15) is 0 Å². The molecule has 0 unspecified atom stereocenters. The molecule has 0 aromatic heterocycles. The van der Waals surface area contributed by atoms with Crippen LogP contribution in [-0.4, -0.2) is 5.71 Å². The normalized spacial score (nSPS) is 15.3. The second-order valence-corrected chi connectivity index (χ2v) is 3.37. The molecule has 1 nitrogen and oxygen atoms in total. The van der Waals surface area contributed by atoms with Gasteiger partial charge < -0.3 is 0 Å². The quantitative estimate of drug-likeness (QED) is 0.607. The fourth-order valence-electron chi connectivity index (χ4n) is 1.51. The molecule has 1 aliphatic rings. The zero-order chi connectivity index (χ0) is 10.3. The first-order chi connectivity index (χ1) is 6.47. The molecular formula is C10H8F3N. The van der Waals surface area contributed by atoms with Crippen molar-refractivity contribution in [3.05, 3.63) is 29.3 Å². The van der Waals surface area contributed by atoms with E-state index in [4.69, 9.17) is 0 Å². The molecule has 0 spiro atoms. The Labute approximate surface area is 79.3 Å². The monoisotopic (exact) mass is 199 g/mol. The van der Waals surface area contributed by atoms with Gasteiger partial charge in [-0.3, -0.25) is 4.99 Å². The van der Waals surface area contributed by atoms with Gasteiger partial charge in [-0.2, -0.15) is 13.2 Å². The average molecular weight is 199 g/mol. The van der Waals surface area contributed by atoms with E-state index in [0.717, 1.165) is 23.4 Å². The number of fused-ring (bicyclic) bond motifs is 1. The summed E-state index contributed by atoms with van der Waals surface area (Å²) >= 11 is 0. The number of halogens is 3. The molecule has 14 heavy (non-hydrogen) atoms. The summed E-state index contributed by atoms with van der Waals surface area (Å²) in [4.78, 5) is 4.04. The smallest absolute Gasteiger partial charge is 0.257 e. The Morgan fingerprint density at radius 2 is 2.00 bits per heavy atom. The summed E-state index contributed by atoms with van der Waals surface area (Å²) in [6.45, 7) is 1.81. The van der Waals surface area contributed by atoms with Crippen LogP contribution in [0.5, 0.6) is 0 Å². The molecule has 1 aromatic rings. The van der Waals surface area contributed by atoms with Crippen LogP contribution in [0.4, 0.5) is 18.9 Å². The van der Waals surface area contributed by atoms with Gasteiger partial charge in [0.15, 0.2) is 0 Å². The van der Waals surface area contributed by atoms with Crippen LogP contribution in [0.25, 0.3) is 0 Å². The molecule has 0 atom stereocenters. The molecule has 4 heteroatoms. The Kier molecular flexibility index (Phi) is 1.87. The van der Waals surface area contributed by atoms with Crippen LogP contribution in [-0.2, 0) is 12.6 Å². The summed E-state index contributed by atoms with van der Waals surface area (Å²) in [7, 11) is 0. The molecule has 2 rings (SSSR count). The maximum absolute atomic E-state index is 12.3. The van der Waals surface area contributed by atoms with Crippen molar-refractivity contribution in [2.75, 3.05) is 0 Å². The van der Waals surface area contributed by atoms with Gasteiger partial charge in [0.05, 0.1) is 11.3 Å². The van der Waals surface area contributed by atoms with Crippen molar-refractivity contribution in [1.82, 2.24) is 0 Å². The molecular weight excluding hydrogens is 191 g/mol. The van der Waals surface area contributed by atoms with Gasteiger partial charge in [0, 0.05) is 12.1 Å². The van der Waals surface area contributed by atoms with E-state index in [1.165, 1.54) is 6.07 Å². The van der Waals surface area contributed by atoms with Gasteiger partial charge in [-0.15, -0.1) is 0 Å². The first-order valence-electron chi connectivity index (χ1n) is 4.21. The van der Waals surface area contributed by atoms with E-state index in [-0.39, 0.29) is 0 Å². The number of nitrogens with zero attached hydrogens (tertiary/aromatic N) is 1. The molecule has 0 aliphatic carbocycles. The lowest BCUT2D eigenvalue weighted by Gasteiger charge is -2.07. The third-order valence-electron chi connectivity index (χ3n) is 2.17. The minimum Gasteiger partial charge on any atom is -0.257 e. The van der Waals surface area contributed by atoms with Gasteiger partial charge >= 0.3 is 6.18 Å². The summed E-state index contributed by atoms with van der Waals surface area (Å²) in [6.07, 6.45) is -3.62. The highest BCUT2D eigenvalue weighted by Crippen LogP contribution is 2.35. The SMILES string of the molecule is CC1=Nc2cc(C(F)(F)F)ccc2C1. The zero-order valence-electron chi connectivity index (χ0n) is 7.52. The summed E-state index contributed by atoms with van der Waals surface area (Å²) in [5.41, 5.74) is 1.56. The fourth-order valence-corrected chi connectivity index (χ4v) is 1.51. The largest absolute Gasteiger partial charge is 0.416 e. The third-order valence-corrected chi connectivity index (χ3v) is 2.17. The summed E-state index contributed by atoms with van der Waals surface area (Å²) < 4.78 is 36.9. The molecule has 0 N–H and O–H groups in total. The predicted octanol–water partition coefficient (Wildman–Crippen LogP) is 3.35. The summed E-state index contributed by atoms with van der Waals surface area (Å²) in [5.74, 6) is 0. The van der Waals surface area contributed by atoms with E-state index in [9.17, 15) is 13.2 Å². The van der Waals surface area contributed by atoms with Gasteiger partial charge in [0.2, 0.25) is 0 Å². The number of rotatable bonds is 0. The second kappa shape index (κ2) is 2.83. The Morgan fingerprint density at radius 1 is 1.29 bits per heavy atom. The first kappa shape index (κ1) is 9.24. The van der Waals surface area contributed by atoms with E-state index < -0.39 is 11.7 Å². The van der Waals surface area contributed by atoms with Crippen LogP contribution >= 0.6 is 0 Å². The lowest BCUT2D eigenvalue weighted by molar-refractivity contribution is -0.137. The van der Waals surface area contributed by atoms with Gasteiger partial charge in [-0.25, -0.2) is 0 Å². The van der Waals surface area contributed by atoms with Crippen LogP contribution in [0.1, 0.15) is 18.1 Å². The fraction of sp³-hybridized carbons (Fsp3) is 0.300. The molecule has 0 saturated carbocycles. The number of hydrogen-bond acceptors (Lipinski definition) is 1. The van der Waals surface area contributed by atoms with Crippen LogP contribution in [0.3, 0.4) is 0 Å². The topological polar surface area (TPSA) is 12.4 Å². The van der Waals surface area contributed by atoms with Crippen molar-refractivity contribution in [3.8, 4) is 0 Å². The van der Waals surface area contributed by atoms with Crippen molar-refractivity contribution in [2.24, 2.45) is 4.99 Å². The maximum Gasteiger partial charge on any atom is 0.416 e. The highest BCUT2D eigenvalue weighted by Gasteiger charge is 2.31. The van der Waals surface area contributed by atoms with Gasteiger partial charge in [-0.05, 0) is 24.6 Å². The van der Waals surface area contributed by atoms with E-state index in [2.05, 4.69) is 4.99 Å². The number of alkyl halides is 3. The lowest BCUT2D eigenvalue weighted by atomic mass is 10.1. The Bertz CT molecular complexity index is 404. The standard InChI is InChI=1S/C10H8F3N/c1-6-4-7-2-3-8(10(11,12)13)5-9(7)14-6/h2-3,5H,4H2,1H3. The lowest BCUT2D eigenvalue weighted by Crippen LogP contribution is -2.04. The maximum atomic E-state index is 12.3. The first-order valence-corrected chi connectivity index (χ1v) is 4.21. The van der Waals surface area contributed by atoms with Gasteiger partial charge in [-0.1, -0.05) is 6.07 Å². The molecule has 1 aromatic carbocycles. The Balaban J connectivity index is 2.46. The Hall–Kier alpha value is -1.32. The van der Waals surface area contributed by atoms with Crippen LogP contribution in [0.2, 0.25) is 0 Å². The minimum atomic E-state index is -4.28. The van der Waals surface area contributed by atoms with Crippen molar-refractivity contribution in [1.29, 1.82) is 0 Å². The van der Waals surface area contributed by atoms with Crippen molar-refractivity contribution >= 4 is 11.4 Å². The van der Waals surface area contributed by atoms with Crippen LogP contribution < -0.4 is 0 Å². The summed E-state index contributed by atoms with van der Waals surface area (Å²) in [5, 5.41) is 0. The Morgan fingerprint density at radius 3 is 2.64 bits per heavy atom.